The first-order valence-electron chi connectivity index (χ1n) is 7.01. The van der Waals surface area contributed by atoms with Crippen LogP contribution in [0.5, 0.6) is 0 Å². The van der Waals surface area contributed by atoms with Crippen molar-refractivity contribution in [3.8, 4) is 11.4 Å². The molecule has 0 saturated heterocycles. The third kappa shape index (κ3) is 2.20. The second kappa shape index (κ2) is 5.33. The molecule has 0 aliphatic carbocycles. The molecule has 0 unspecified atom stereocenters. The van der Waals surface area contributed by atoms with E-state index in [0.29, 0.717) is 5.82 Å². The summed E-state index contributed by atoms with van der Waals surface area (Å²) < 4.78 is 0. The molecule has 6 heteroatoms. The summed E-state index contributed by atoms with van der Waals surface area (Å²) in [5.41, 5.74) is 3.21. The summed E-state index contributed by atoms with van der Waals surface area (Å²) in [6.45, 7) is 0.753. The van der Waals surface area contributed by atoms with Crippen LogP contribution in [-0.4, -0.2) is 27.3 Å². The quantitative estimate of drug-likeness (QED) is 0.803. The molecule has 1 aromatic heterocycles. The van der Waals surface area contributed by atoms with Crippen molar-refractivity contribution in [1.29, 1.82) is 0 Å². The first-order chi connectivity index (χ1) is 10.9. The van der Waals surface area contributed by atoms with Gasteiger partial charge in [-0.15, -0.1) is 5.10 Å². The van der Waals surface area contributed by atoms with Crippen LogP contribution in [0.4, 0.5) is 11.4 Å². The minimum Gasteiger partial charge on any atom is -0.328 e. The number of aromatic nitrogens is 4. The van der Waals surface area contributed by atoms with E-state index in [1.807, 2.05) is 36.4 Å². The summed E-state index contributed by atoms with van der Waals surface area (Å²) in [7, 11) is 0. The topological polar surface area (TPSA) is 60.9 Å². The fraction of sp³-hybridized carbons (Fsp3) is 0.0625. The van der Waals surface area contributed by atoms with E-state index in [0.717, 1.165) is 17.9 Å². The number of nitrogens with zero attached hydrogens (tertiary/aromatic N) is 5. The van der Waals surface area contributed by atoms with Gasteiger partial charge in [0.25, 0.3) is 0 Å². The van der Waals surface area contributed by atoms with Crippen molar-refractivity contribution in [2.24, 2.45) is 0 Å². The molecule has 6 nitrogen and oxygen atoms in total. The normalized spacial score (nSPS) is 13.8. The lowest BCUT2D eigenvalue weighted by atomic mass is 10.1. The van der Waals surface area contributed by atoms with Gasteiger partial charge in [0, 0.05) is 23.7 Å². The Kier molecular flexibility index (Phi) is 3.05. The molecular formula is C16H14N6. The standard InChI is InChI=1S/C16H14N6/c1-2-6-13(7-3-1)21-10-11-22(12-21)15-9-5-4-8-14(15)16-17-19-20-18-16/h1-11H,12H2,(H,17,18,19,20). The predicted octanol–water partition coefficient (Wildman–Crippen LogP) is 2.62. The Morgan fingerprint density at radius 2 is 1.64 bits per heavy atom. The highest BCUT2D eigenvalue weighted by atomic mass is 15.5. The fourth-order valence-corrected chi connectivity index (χ4v) is 2.56. The lowest BCUT2D eigenvalue weighted by Crippen LogP contribution is -2.24. The van der Waals surface area contributed by atoms with E-state index >= 15 is 0 Å². The molecule has 1 N–H and O–H groups in total. The van der Waals surface area contributed by atoms with Gasteiger partial charge in [-0.05, 0) is 34.7 Å². The minimum atomic E-state index is 0.669. The van der Waals surface area contributed by atoms with Gasteiger partial charge in [0.2, 0.25) is 0 Å². The maximum Gasteiger partial charge on any atom is 0.181 e. The van der Waals surface area contributed by atoms with Gasteiger partial charge in [-0.25, -0.2) is 5.10 Å². The van der Waals surface area contributed by atoms with Crippen LogP contribution in [0.3, 0.4) is 0 Å². The number of hydrogen-bond donors (Lipinski definition) is 1. The number of H-pyrrole nitrogens is 1. The van der Waals surface area contributed by atoms with Crippen molar-refractivity contribution in [3.05, 3.63) is 67.0 Å². The molecule has 108 valence electrons. The average molecular weight is 290 g/mol. The van der Waals surface area contributed by atoms with E-state index in [-0.39, 0.29) is 0 Å². The zero-order valence-electron chi connectivity index (χ0n) is 11.8. The minimum absolute atomic E-state index is 0.669. The summed E-state index contributed by atoms with van der Waals surface area (Å²) in [6, 6.07) is 18.4. The lowest BCUT2D eigenvalue weighted by Gasteiger charge is -2.22. The van der Waals surface area contributed by atoms with Gasteiger partial charge >= 0.3 is 0 Å². The van der Waals surface area contributed by atoms with Crippen LogP contribution in [0.15, 0.2) is 67.0 Å². The van der Waals surface area contributed by atoms with Gasteiger partial charge in [-0.2, -0.15) is 0 Å². The zero-order valence-corrected chi connectivity index (χ0v) is 11.8. The Morgan fingerprint density at radius 1 is 0.864 bits per heavy atom. The summed E-state index contributed by atoms with van der Waals surface area (Å²) in [5, 5.41) is 14.2. The molecular weight excluding hydrogens is 276 g/mol. The summed E-state index contributed by atoms with van der Waals surface area (Å²) in [4.78, 5) is 4.36. The Hall–Kier alpha value is -3.15. The highest BCUT2D eigenvalue weighted by Crippen LogP contribution is 2.31. The van der Waals surface area contributed by atoms with Crippen LogP contribution >= 0.6 is 0 Å². The number of para-hydroxylation sites is 2. The number of hydrogen-bond acceptors (Lipinski definition) is 5. The van der Waals surface area contributed by atoms with Crippen LogP contribution in [0, 0.1) is 0 Å². The first-order valence-corrected chi connectivity index (χ1v) is 7.01. The van der Waals surface area contributed by atoms with Crippen LogP contribution in [0.2, 0.25) is 0 Å². The third-order valence-electron chi connectivity index (χ3n) is 3.63. The number of benzene rings is 2. The Labute approximate surface area is 127 Å². The third-order valence-corrected chi connectivity index (χ3v) is 3.63. The maximum atomic E-state index is 4.01. The molecule has 3 aromatic rings. The molecule has 4 rings (SSSR count). The maximum absolute atomic E-state index is 4.01. The second-order valence-electron chi connectivity index (χ2n) is 4.98. The fourth-order valence-electron chi connectivity index (χ4n) is 2.56. The lowest BCUT2D eigenvalue weighted by molar-refractivity contribution is 0.881. The first kappa shape index (κ1) is 12.6. The summed E-state index contributed by atoms with van der Waals surface area (Å²) in [6.07, 6.45) is 4.14. The van der Waals surface area contributed by atoms with Crippen LogP contribution in [-0.2, 0) is 0 Å². The Morgan fingerprint density at radius 3 is 2.45 bits per heavy atom. The van der Waals surface area contributed by atoms with Crippen LogP contribution in [0.25, 0.3) is 11.4 Å². The number of aromatic amines is 1. The van der Waals surface area contributed by atoms with Gasteiger partial charge in [-0.3, -0.25) is 0 Å². The number of rotatable bonds is 3. The summed E-state index contributed by atoms with van der Waals surface area (Å²) in [5.74, 6) is 0.669. The monoisotopic (exact) mass is 290 g/mol. The smallest absolute Gasteiger partial charge is 0.181 e. The van der Waals surface area contributed by atoms with Crippen molar-refractivity contribution >= 4 is 11.4 Å². The van der Waals surface area contributed by atoms with Crippen molar-refractivity contribution < 1.29 is 0 Å². The van der Waals surface area contributed by atoms with E-state index in [1.165, 1.54) is 5.69 Å². The van der Waals surface area contributed by atoms with Crippen molar-refractivity contribution in [2.75, 3.05) is 16.5 Å². The number of nitrogens with one attached hydrogen (secondary N) is 1. The number of anilines is 2. The van der Waals surface area contributed by atoms with E-state index < -0.39 is 0 Å². The summed E-state index contributed by atoms with van der Waals surface area (Å²) >= 11 is 0. The Balaban J connectivity index is 1.64. The molecule has 0 atom stereocenters. The van der Waals surface area contributed by atoms with Gasteiger partial charge in [0.05, 0.1) is 12.4 Å². The predicted molar refractivity (Wildman–Crippen MR) is 85.0 cm³/mol. The van der Waals surface area contributed by atoms with E-state index in [9.17, 15) is 0 Å². The van der Waals surface area contributed by atoms with Crippen LogP contribution < -0.4 is 9.80 Å². The van der Waals surface area contributed by atoms with E-state index in [1.54, 1.807) is 0 Å². The Bertz CT molecular complexity index is 781. The molecule has 0 amide bonds. The van der Waals surface area contributed by atoms with E-state index in [4.69, 9.17) is 0 Å². The molecule has 1 aliphatic heterocycles. The van der Waals surface area contributed by atoms with Crippen LogP contribution in [0.1, 0.15) is 0 Å². The van der Waals surface area contributed by atoms with Gasteiger partial charge < -0.3 is 9.80 Å². The van der Waals surface area contributed by atoms with Crippen molar-refractivity contribution in [2.45, 2.75) is 0 Å². The highest BCUT2D eigenvalue weighted by Gasteiger charge is 2.19. The molecule has 0 radical (unpaired) electrons. The SMILES string of the molecule is C1=CN(c2ccccc2-c2nnn[nH]2)CN1c1ccccc1. The van der Waals surface area contributed by atoms with Crippen molar-refractivity contribution in [3.63, 3.8) is 0 Å². The largest absolute Gasteiger partial charge is 0.328 e. The highest BCUT2D eigenvalue weighted by molar-refractivity contribution is 5.76. The average Bonchev–Trinajstić information content (AvgIpc) is 3.28. The van der Waals surface area contributed by atoms with Gasteiger partial charge in [0.15, 0.2) is 5.82 Å². The second-order valence-corrected chi connectivity index (χ2v) is 4.98. The molecule has 0 bridgehead atoms. The molecule has 0 saturated carbocycles. The number of tetrazole rings is 1. The molecule has 2 heterocycles. The molecule has 2 aromatic carbocycles. The molecule has 0 spiro atoms. The van der Waals surface area contributed by atoms with E-state index in [2.05, 4.69) is 61.0 Å². The van der Waals surface area contributed by atoms with Gasteiger partial charge in [-0.1, -0.05) is 30.3 Å². The molecule has 22 heavy (non-hydrogen) atoms. The zero-order chi connectivity index (χ0) is 14.8. The molecule has 1 aliphatic rings. The van der Waals surface area contributed by atoms with Gasteiger partial charge in [0.1, 0.15) is 0 Å². The van der Waals surface area contributed by atoms with Crippen molar-refractivity contribution in [1.82, 2.24) is 20.6 Å². The molecule has 0 fully saturated rings.